The molecule has 27 heavy (non-hydrogen) atoms. The molecule has 0 spiro atoms. The summed E-state index contributed by atoms with van der Waals surface area (Å²) in [6, 6.07) is 15.3. The number of rotatable bonds is 10. The fraction of sp³-hybridized carbons (Fsp3) is 0.364. The Kier molecular flexibility index (Phi) is 8.36. The van der Waals surface area contributed by atoms with E-state index in [0.29, 0.717) is 30.9 Å². The normalized spacial score (nSPS) is 10.3. The molecule has 144 valence electrons. The number of carbonyl (C=O) groups is 2. The van der Waals surface area contributed by atoms with Crippen LogP contribution < -0.4 is 10.1 Å². The van der Waals surface area contributed by atoms with Gasteiger partial charge in [-0.3, -0.25) is 9.59 Å². The summed E-state index contributed by atoms with van der Waals surface area (Å²) >= 11 is 0. The van der Waals surface area contributed by atoms with Gasteiger partial charge in [-0.15, -0.1) is 0 Å². The average Bonchev–Trinajstić information content (AvgIpc) is 2.69. The number of carbonyl (C=O) groups excluding carboxylic acids is 2. The Morgan fingerprint density at radius 2 is 1.81 bits per heavy atom. The van der Waals surface area contributed by atoms with E-state index in [1.165, 1.54) is 12.7 Å². The van der Waals surface area contributed by atoms with Crippen molar-refractivity contribution >= 4 is 11.9 Å². The van der Waals surface area contributed by atoms with Crippen molar-refractivity contribution in [2.75, 3.05) is 13.7 Å². The summed E-state index contributed by atoms with van der Waals surface area (Å²) in [4.78, 5) is 23.3. The Morgan fingerprint density at radius 1 is 1.00 bits per heavy atom. The van der Waals surface area contributed by atoms with Gasteiger partial charge in [-0.25, -0.2) is 0 Å². The summed E-state index contributed by atoms with van der Waals surface area (Å²) in [6.45, 7) is 3.09. The highest BCUT2D eigenvalue weighted by atomic mass is 16.5. The topological polar surface area (TPSA) is 64.6 Å². The number of ether oxygens (including phenoxy) is 2. The van der Waals surface area contributed by atoms with Gasteiger partial charge in [0.15, 0.2) is 0 Å². The van der Waals surface area contributed by atoms with Gasteiger partial charge in [0.05, 0.1) is 7.11 Å². The predicted octanol–water partition coefficient (Wildman–Crippen LogP) is 4.04. The lowest BCUT2D eigenvalue weighted by molar-refractivity contribution is -0.140. The number of hydrogen-bond acceptors (Lipinski definition) is 4. The van der Waals surface area contributed by atoms with Crippen molar-refractivity contribution in [1.82, 2.24) is 5.32 Å². The van der Waals surface area contributed by atoms with E-state index >= 15 is 0 Å². The minimum atomic E-state index is -0.193. The molecule has 1 N–H and O–H groups in total. The molecule has 0 atom stereocenters. The van der Waals surface area contributed by atoms with Crippen molar-refractivity contribution in [1.29, 1.82) is 0 Å². The molecule has 2 aromatic rings. The van der Waals surface area contributed by atoms with Gasteiger partial charge in [0, 0.05) is 18.5 Å². The van der Waals surface area contributed by atoms with E-state index in [2.05, 4.69) is 16.1 Å². The molecule has 0 bridgehead atoms. The Bertz CT molecular complexity index is 757. The maximum Gasteiger partial charge on any atom is 0.305 e. The number of unbranched alkanes of at least 4 members (excludes halogenated alkanes) is 2. The van der Waals surface area contributed by atoms with Gasteiger partial charge in [-0.1, -0.05) is 42.3 Å². The van der Waals surface area contributed by atoms with Crippen molar-refractivity contribution in [2.45, 2.75) is 39.2 Å². The van der Waals surface area contributed by atoms with Crippen LogP contribution in [0.2, 0.25) is 0 Å². The quantitative estimate of drug-likeness (QED) is 0.507. The third-order valence-electron chi connectivity index (χ3n) is 4.16. The van der Waals surface area contributed by atoms with Crippen LogP contribution in [0.3, 0.4) is 0 Å². The van der Waals surface area contributed by atoms with E-state index in [0.717, 1.165) is 24.8 Å². The van der Waals surface area contributed by atoms with Crippen LogP contribution in [-0.4, -0.2) is 25.5 Å². The van der Waals surface area contributed by atoms with Crippen LogP contribution in [-0.2, 0) is 16.1 Å². The molecule has 2 aromatic carbocycles. The Labute approximate surface area is 160 Å². The first-order chi connectivity index (χ1) is 13.1. The summed E-state index contributed by atoms with van der Waals surface area (Å²) in [6.07, 6.45) is 2.89. The molecule has 1 amide bonds. The second-order valence-electron chi connectivity index (χ2n) is 6.45. The van der Waals surface area contributed by atoms with Crippen LogP contribution in [0.15, 0.2) is 48.5 Å². The van der Waals surface area contributed by atoms with Crippen molar-refractivity contribution < 1.29 is 19.1 Å². The van der Waals surface area contributed by atoms with Gasteiger partial charge in [0.2, 0.25) is 0 Å². The first kappa shape index (κ1) is 20.5. The SMILES string of the molecule is COC(=O)CCCCCNC(=O)c1cccc(OCc2cccc(C)c2)c1. The van der Waals surface area contributed by atoms with Gasteiger partial charge < -0.3 is 14.8 Å². The van der Waals surface area contributed by atoms with Crippen molar-refractivity contribution in [3.05, 3.63) is 65.2 Å². The molecule has 5 heteroatoms. The Morgan fingerprint density at radius 3 is 2.59 bits per heavy atom. The van der Waals surface area contributed by atoms with Crippen LogP contribution in [0.1, 0.15) is 47.2 Å². The van der Waals surface area contributed by atoms with Crippen LogP contribution in [0.5, 0.6) is 5.75 Å². The zero-order valence-electron chi connectivity index (χ0n) is 16.0. The fourth-order valence-corrected chi connectivity index (χ4v) is 2.67. The number of methoxy groups -OCH3 is 1. The molecule has 0 saturated heterocycles. The zero-order valence-corrected chi connectivity index (χ0v) is 16.0. The summed E-state index contributed by atoms with van der Waals surface area (Å²) in [5, 5.41) is 2.90. The molecule has 0 aromatic heterocycles. The summed E-state index contributed by atoms with van der Waals surface area (Å²) < 4.78 is 10.4. The second kappa shape index (κ2) is 11.0. The van der Waals surface area contributed by atoms with Gasteiger partial charge in [-0.2, -0.15) is 0 Å². The molecular weight excluding hydrogens is 342 g/mol. The number of nitrogens with one attached hydrogen (secondary N) is 1. The van der Waals surface area contributed by atoms with Crippen LogP contribution in [0, 0.1) is 6.92 Å². The highest BCUT2D eigenvalue weighted by Crippen LogP contribution is 2.16. The number of benzene rings is 2. The third kappa shape index (κ3) is 7.52. The summed E-state index contributed by atoms with van der Waals surface area (Å²) in [5.74, 6) is 0.354. The van der Waals surface area contributed by atoms with Gasteiger partial charge >= 0.3 is 5.97 Å². The molecule has 0 saturated carbocycles. The van der Waals surface area contributed by atoms with Crippen molar-refractivity contribution in [3.8, 4) is 5.75 Å². The third-order valence-corrected chi connectivity index (χ3v) is 4.16. The molecule has 2 rings (SSSR count). The average molecular weight is 369 g/mol. The van der Waals surface area contributed by atoms with E-state index in [9.17, 15) is 9.59 Å². The Balaban J connectivity index is 1.75. The molecule has 0 aliphatic heterocycles. The predicted molar refractivity (Wildman–Crippen MR) is 105 cm³/mol. The van der Waals surface area contributed by atoms with E-state index in [1.807, 2.05) is 37.3 Å². The maximum atomic E-state index is 12.3. The van der Waals surface area contributed by atoms with E-state index < -0.39 is 0 Å². The number of hydrogen-bond donors (Lipinski definition) is 1. The van der Waals surface area contributed by atoms with Crippen molar-refractivity contribution in [3.63, 3.8) is 0 Å². The lowest BCUT2D eigenvalue weighted by atomic mass is 10.1. The molecule has 0 fully saturated rings. The Hall–Kier alpha value is -2.82. The summed E-state index contributed by atoms with van der Waals surface area (Å²) in [5.41, 5.74) is 2.86. The second-order valence-corrected chi connectivity index (χ2v) is 6.45. The van der Waals surface area contributed by atoms with E-state index in [4.69, 9.17) is 4.74 Å². The van der Waals surface area contributed by atoms with Crippen LogP contribution >= 0.6 is 0 Å². The molecule has 5 nitrogen and oxygen atoms in total. The molecule has 0 radical (unpaired) electrons. The lowest BCUT2D eigenvalue weighted by Gasteiger charge is -2.09. The number of esters is 1. The standard InChI is InChI=1S/C22H27NO4/c1-17-8-6-9-18(14-17)16-27-20-11-7-10-19(15-20)22(25)23-13-5-3-4-12-21(24)26-2/h6-11,14-15H,3-5,12-13,16H2,1-2H3,(H,23,25). The minimum absolute atomic E-state index is 0.121. The van der Waals surface area contributed by atoms with Gasteiger partial charge in [-0.05, 0) is 43.5 Å². The molecule has 0 unspecified atom stereocenters. The smallest absolute Gasteiger partial charge is 0.305 e. The zero-order chi connectivity index (χ0) is 19.5. The lowest BCUT2D eigenvalue weighted by Crippen LogP contribution is -2.24. The summed E-state index contributed by atoms with van der Waals surface area (Å²) in [7, 11) is 1.39. The molecule has 0 aliphatic carbocycles. The van der Waals surface area contributed by atoms with Crippen LogP contribution in [0.4, 0.5) is 0 Å². The van der Waals surface area contributed by atoms with Gasteiger partial charge in [0.25, 0.3) is 5.91 Å². The molecule has 0 aliphatic rings. The largest absolute Gasteiger partial charge is 0.489 e. The van der Waals surface area contributed by atoms with E-state index in [1.54, 1.807) is 12.1 Å². The maximum absolute atomic E-state index is 12.3. The number of aryl methyl sites for hydroxylation is 1. The van der Waals surface area contributed by atoms with Crippen molar-refractivity contribution in [2.24, 2.45) is 0 Å². The fourth-order valence-electron chi connectivity index (χ4n) is 2.67. The van der Waals surface area contributed by atoms with Crippen LogP contribution in [0.25, 0.3) is 0 Å². The first-order valence-electron chi connectivity index (χ1n) is 9.22. The monoisotopic (exact) mass is 369 g/mol. The number of amides is 1. The highest BCUT2D eigenvalue weighted by Gasteiger charge is 2.07. The molecule has 0 heterocycles. The minimum Gasteiger partial charge on any atom is -0.489 e. The van der Waals surface area contributed by atoms with E-state index in [-0.39, 0.29) is 11.9 Å². The first-order valence-corrected chi connectivity index (χ1v) is 9.22. The molecular formula is C22H27NO4. The van der Waals surface area contributed by atoms with Gasteiger partial charge in [0.1, 0.15) is 12.4 Å². The highest BCUT2D eigenvalue weighted by molar-refractivity contribution is 5.94.